The average Bonchev–Trinajstić information content (AvgIpc) is 2.59. The van der Waals surface area contributed by atoms with Gasteiger partial charge in [-0.15, -0.1) is 0 Å². The Bertz CT molecular complexity index is 715. The molecule has 1 aromatic rings. The van der Waals surface area contributed by atoms with Crippen LogP contribution in [0.5, 0.6) is 0 Å². The first-order valence-electron chi connectivity index (χ1n) is 9.12. The third kappa shape index (κ3) is 4.98. The fourth-order valence-corrected chi connectivity index (χ4v) is 4.21. The number of amides is 1. The Labute approximate surface area is 157 Å². The monoisotopic (exact) mass is 382 g/mol. The molecule has 0 saturated carbocycles. The van der Waals surface area contributed by atoms with Crippen molar-refractivity contribution in [2.24, 2.45) is 0 Å². The fourth-order valence-electron chi connectivity index (χ4n) is 2.79. The summed E-state index contributed by atoms with van der Waals surface area (Å²) in [5, 5.41) is 0. The van der Waals surface area contributed by atoms with E-state index in [-0.39, 0.29) is 13.1 Å². The lowest BCUT2D eigenvalue weighted by atomic mass is 9.99. The third-order valence-corrected chi connectivity index (χ3v) is 6.50. The predicted molar refractivity (Wildman–Crippen MR) is 102 cm³/mol. The molecule has 0 unspecified atom stereocenters. The van der Waals surface area contributed by atoms with Gasteiger partial charge in [0.2, 0.25) is 10.0 Å². The zero-order valence-corrected chi connectivity index (χ0v) is 17.2. The summed E-state index contributed by atoms with van der Waals surface area (Å²) in [5.41, 5.74) is 0.582. The smallest absolute Gasteiger partial charge is 0.410 e. The summed E-state index contributed by atoms with van der Waals surface area (Å²) in [7, 11) is -3.54. The predicted octanol–water partition coefficient (Wildman–Crippen LogP) is 3.44. The third-order valence-electron chi connectivity index (χ3n) is 4.59. The molecule has 146 valence electrons. The molecular weight excluding hydrogens is 352 g/mol. The number of hydrogen-bond donors (Lipinski definition) is 0. The first-order valence-corrected chi connectivity index (χ1v) is 10.6. The molecule has 1 aliphatic heterocycles. The van der Waals surface area contributed by atoms with Crippen LogP contribution < -0.4 is 0 Å². The second kappa shape index (κ2) is 7.96. The summed E-state index contributed by atoms with van der Waals surface area (Å²) in [5.74, 6) is 0.407. The highest BCUT2D eigenvalue weighted by atomic mass is 32.2. The average molecular weight is 383 g/mol. The number of sulfonamides is 1. The van der Waals surface area contributed by atoms with Crippen molar-refractivity contribution in [2.45, 2.75) is 57.5 Å². The van der Waals surface area contributed by atoms with Gasteiger partial charge in [-0.1, -0.05) is 26.0 Å². The minimum atomic E-state index is -3.54. The molecule has 0 radical (unpaired) electrons. The molecule has 1 fully saturated rings. The number of carbonyl (C=O) groups is 1. The van der Waals surface area contributed by atoms with Crippen LogP contribution in [0.3, 0.4) is 0 Å². The molecule has 6 nitrogen and oxygen atoms in total. The van der Waals surface area contributed by atoms with Gasteiger partial charge in [0.25, 0.3) is 0 Å². The Morgan fingerprint density at radius 3 is 2.12 bits per heavy atom. The van der Waals surface area contributed by atoms with E-state index in [0.717, 1.165) is 12.0 Å². The second-order valence-electron chi connectivity index (χ2n) is 7.75. The van der Waals surface area contributed by atoms with Crippen LogP contribution in [0.2, 0.25) is 0 Å². The van der Waals surface area contributed by atoms with Gasteiger partial charge in [-0.25, -0.2) is 13.2 Å². The number of nitrogens with zero attached hydrogens (tertiary/aromatic N) is 2. The van der Waals surface area contributed by atoms with Crippen LogP contribution in [0.1, 0.15) is 52.5 Å². The van der Waals surface area contributed by atoms with Crippen molar-refractivity contribution in [3.8, 4) is 0 Å². The highest BCUT2D eigenvalue weighted by molar-refractivity contribution is 7.89. The van der Waals surface area contributed by atoms with Crippen molar-refractivity contribution in [2.75, 3.05) is 26.2 Å². The van der Waals surface area contributed by atoms with E-state index in [0.29, 0.717) is 23.9 Å². The summed E-state index contributed by atoms with van der Waals surface area (Å²) >= 11 is 0. The van der Waals surface area contributed by atoms with Crippen LogP contribution >= 0.6 is 0 Å². The summed E-state index contributed by atoms with van der Waals surface area (Å²) in [6.45, 7) is 10.9. The quantitative estimate of drug-likeness (QED) is 0.800. The molecule has 0 N–H and O–H groups in total. The molecule has 0 spiro atoms. The number of piperazine rings is 1. The second-order valence-corrected chi connectivity index (χ2v) is 9.69. The van der Waals surface area contributed by atoms with Gasteiger partial charge in [-0.2, -0.15) is 4.31 Å². The Balaban J connectivity index is 2.02. The van der Waals surface area contributed by atoms with Gasteiger partial charge in [-0.3, -0.25) is 0 Å². The molecule has 1 saturated heterocycles. The van der Waals surface area contributed by atoms with Gasteiger partial charge < -0.3 is 9.64 Å². The Morgan fingerprint density at radius 2 is 1.65 bits per heavy atom. The maximum absolute atomic E-state index is 12.8. The molecule has 2 rings (SSSR count). The molecule has 1 aromatic carbocycles. The van der Waals surface area contributed by atoms with E-state index in [4.69, 9.17) is 4.74 Å². The Kier molecular flexibility index (Phi) is 6.34. The van der Waals surface area contributed by atoms with Gasteiger partial charge >= 0.3 is 6.09 Å². The van der Waals surface area contributed by atoms with Crippen LogP contribution in [-0.4, -0.2) is 55.5 Å². The molecular formula is C19H30N2O4S. The lowest BCUT2D eigenvalue weighted by molar-refractivity contribution is 0.0192. The number of carbonyl (C=O) groups excluding carboxylic acids is 1. The van der Waals surface area contributed by atoms with Crippen molar-refractivity contribution in [1.82, 2.24) is 9.21 Å². The molecule has 0 aliphatic carbocycles. The molecule has 0 bridgehead atoms. The SMILES string of the molecule is CC[C@H](C)c1ccc(S(=O)(=O)N2CCN(C(=O)OC(C)(C)C)CC2)cc1. The zero-order chi connectivity index (χ0) is 19.5. The van der Waals surface area contributed by atoms with E-state index in [1.54, 1.807) is 17.0 Å². The van der Waals surface area contributed by atoms with E-state index in [1.807, 2.05) is 32.9 Å². The number of rotatable bonds is 4. The fraction of sp³-hybridized carbons (Fsp3) is 0.632. The van der Waals surface area contributed by atoms with E-state index < -0.39 is 21.7 Å². The van der Waals surface area contributed by atoms with Crippen LogP contribution in [0.25, 0.3) is 0 Å². The van der Waals surface area contributed by atoms with Crippen LogP contribution in [0.4, 0.5) is 4.79 Å². The van der Waals surface area contributed by atoms with Crippen molar-refractivity contribution in [3.63, 3.8) is 0 Å². The molecule has 0 aromatic heterocycles. The minimum absolute atomic E-state index is 0.273. The van der Waals surface area contributed by atoms with E-state index in [1.165, 1.54) is 4.31 Å². The maximum Gasteiger partial charge on any atom is 0.410 e. The highest BCUT2D eigenvalue weighted by Crippen LogP contribution is 2.23. The first-order chi connectivity index (χ1) is 12.0. The van der Waals surface area contributed by atoms with Gasteiger partial charge in [0, 0.05) is 26.2 Å². The largest absolute Gasteiger partial charge is 0.444 e. The highest BCUT2D eigenvalue weighted by Gasteiger charge is 2.31. The van der Waals surface area contributed by atoms with Crippen molar-refractivity contribution in [1.29, 1.82) is 0 Å². The van der Waals surface area contributed by atoms with Crippen LogP contribution in [0.15, 0.2) is 29.2 Å². The molecule has 1 amide bonds. The lowest BCUT2D eigenvalue weighted by Gasteiger charge is -2.35. The van der Waals surface area contributed by atoms with Gasteiger partial charge in [0.15, 0.2) is 0 Å². The lowest BCUT2D eigenvalue weighted by Crippen LogP contribution is -2.51. The topological polar surface area (TPSA) is 66.9 Å². The number of benzene rings is 1. The normalized spacial score (nSPS) is 17.8. The van der Waals surface area contributed by atoms with E-state index in [9.17, 15) is 13.2 Å². The van der Waals surface area contributed by atoms with Crippen molar-refractivity contribution < 1.29 is 17.9 Å². The van der Waals surface area contributed by atoms with Gasteiger partial charge in [-0.05, 0) is 50.8 Å². The Hall–Kier alpha value is -1.60. The summed E-state index contributed by atoms with van der Waals surface area (Å²) in [6.07, 6.45) is 0.617. The number of ether oxygens (including phenoxy) is 1. The van der Waals surface area contributed by atoms with Crippen LogP contribution in [-0.2, 0) is 14.8 Å². The molecule has 7 heteroatoms. The molecule has 1 atom stereocenters. The van der Waals surface area contributed by atoms with Gasteiger partial charge in [0.05, 0.1) is 4.90 Å². The standard InChI is InChI=1S/C19H30N2O4S/c1-6-15(2)16-7-9-17(10-8-16)26(23,24)21-13-11-20(12-14-21)18(22)25-19(3,4)5/h7-10,15H,6,11-14H2,1-5H3/t15-/m0/s1. The minimum Gasteiger partial charge on any atom is -0.444 e. The summed E-state index contributed by atoms with van der Waals surface area (Å²) < 4.78 is 32.5. The first kappa shape index (κ1) is 20.7. The van der Waals surface area contributed by atoms with E-state index in [2.05, 4.69) is 13.8 Å². The van der Waals surface area contributed by atoms with Crippen LogP contribution in [0, 0.1) is 0 Å². The molecule has 26 heavy (non-hydrogen) atoms. The van der Waals surface area contributed by atoms with E-state index >= 15 is 0 Å². The maximum atomic E-state index is 12.8. The number of hydrogen-bond acceptors (Lipinski definition) is 4. The zero-order valence-electron chi connectivity index (χ0n) is 16.4. The van der Waals surface area contributed by atoms with Crippen molar-refractivity contribution in [3.05, 3.63) is 29.8 Å². The molecule has 1 aliphatic rings. The summed E-state index contributed by atoms with van der Waals surface area (Å²) in [6, 6.07) is 7.13. The van der Waals surface area contributed by atoms with Crippen molar-refractivity contribution >= 4 is 16.1 Å². The Morgan fingerprint density at radius 1 is 1.12 bits per heavy atom. The summed E-state index contributed by atoms with van der Waals surface area (Å²) in [4.78, 5) is 14.0. The van der Waals surface area contributed by atoms with Gasteiger partial charge in [0.1, 0.15) is 5.60 Å². The molecule has 1 heterocycles.